The fourth-order valence-corrected chi connectivity index (χ4v) is 5.71. The quantitative estimate of drug-likeness (QED) is 0.335. The highest BCUT2D eigenvalue weighted by Crippen LogP contribution is 2.35. The fourth-order valence-electron chi connectivity index (χ4n) is 3.15. The number of nitrogens with one attached hydrogen (secondary N) is 1. The lowest BCUT2D eigenvalue weighted by atomic mass is 10.2. The van der Waals surface area contributed by atoms with Crippen LogP contribution in [0.5, 0.6) is 5.75 Å². The van der Waals surface area contributed by atoms with E-state index in [2.05, 4.69) is 33.2 Å². The van der Waals surface area contributed by atoms with E-state index in [-0.39, 0.29) is 5.56 Å². The van der Waals surface area contributed by atoms with Crippen LogP contribution in [-0.2, 0) is 5.75 Å². The average molecular weight is 469 g/mol. The maximum Gasteiger partial charge on any atom is 0.277 e. The third-order valence-corrected chi connectivity index (χ3v) is 7.31. The molecule has 0 aliphatic carbocycles. The zero-order valence-electron chi connectivity index (χ0n) is 16.5. The lowest BCUT2D eigenvalue weighted by Gasteiger charge is -2.03. The molecule has 0 fully saturated rings. The molecule has 10 heteroatoms. The Morgan fingerprint density at radius 2 is 2.03 bits per heavy atom. The van der Waals surface area contributed by atoms with Gasteiger partial charge in [-0.2, -0.15) is 0 Å². The van der Waals surface area contributed by atoms with Gasteiger partial charge in [0.1, 0.15) is 16.4 Å². The third-order valence-electron chi connectivity index (χ3n) is 4.58. The van der Waals surface area contributed by atoms with Gasteiger partial charge >= 0.3 is 0 Å². The number of hydrogen-bond acceptors (Lipinski definition) is 9. The smallest absolute Gasteiger partial charge is 0.277 e. The van der Waals surface area contributed by atoms with Crippen LogP contribution in [0.3, 0.4) is 0 Å². The Balaban J connectivity index is 1.37. The molecule has 0 bridgehead atoms. The van der Waals surface area contributed by atoms with Gasteiger partial charge in [0.25, 0.3) is 16.7 Å². The first-order valence-corrected chi connectivity index (χ1v) is 12.0. The van der Waals surface area contributed by atoms with E-state index in [0.717, 1.165) is 20.8 Å². The number of H-pyrrole nitrogens is 1. The van der Waals surface area contributed by atoms with Crippen molar-refractivity contribution in [3.05, 3.63) is 62.8 Å². The topological polar surface area (TPSA) is 93.9 Å². The van der Waals surface area contributed by atoms with Crippen molar-refractivity contribution in [2.45, 2.75) is 17.9 Å². The molecule has 0 radical (unpaired) electrons. The number of benzene rings is 1. The van der Waals surface area contributed by atoms with Gasteiger partial charge in [0, 0.05) is 20.7 Å². The summed E-state index contributed by atoms with van der Waals surface area (Å²) < 4.78 is 11.1. The number of aromatic amines is 1. The van der Waals surface area contributed by atoms with Gasteiger partial charge < -0.3 is 14.1 Å². The van der Waals surface area contributed by atoms with E-state index < -0.39 is 0 Å². The van der Waals surface area contributed by atoms with Gasteiger partial charge in [0.2, 0.25) is 0 Å². The number of thiophene rings is 2. The molecule has 0 spiro atoms. The minimum absolute atomic E-state index is 0.136. The van der Waals surface area contributed by atoms with Crippen LogP contribution in [0, 0.1) is 6.92 Å². The lowest BCUT2D eigenvalue weighted by Crippen LogP contribution is -2.10. The number of aromatic nitrogens is 4. The van der Waals surface area contributed by atoms with E-state index in [1.54, 1.807) is 18.4 Å². The molecule has 1 N–H and O–H groups in total. The highest BCUT2D eigenvalue weighted by molar-refractivity contribution is 7.98. The molecule has 31 heavy (non-hydrogen) atoms. The Labute approximate surface area is 189 Å². The second-order valence-corrected chi connectivity index (χ2v) is 9.69. The predicted octanol–water partition coefficient (Wildman–Crippen LogP) is 5.37. The summed E-state index contributed by atoms with van der Waals surface area (Å²) in [5.41, 5.74) is 1.53. The van der Waals surface area contributed by atoms with E-state index in [1.807, 2.05) is 35.7 Å². The average Bonchev–Trinajstić information content (AvgIpc) is 3.51. The summed E-state index contributed by atoms with van der Waals surface area (Å²) in [5, 5.41) is 11.2. The third kappa shape index (κ3) is 3.89. The van der Waals surface area contributed by atoms with Crippen LogP contribution in [-0.4, -0.2) is 27.3 Å². The molecular weight excluding hydrogens is 452 g/mol. The van der Waals surface area contributed by atoms with Gasteiger partial charge in [-0.05, 0) is 31.2 Å². The fraction of sp³-hybridized carbons (Fsp3) is 0.143. The Morgan fingerprint density at radius 3 is 2.84 bits per heavy atom. The summed E-state index contributed by atoms with van der Waals surface area (Å²) in [7, 11) is 1.60. The monoisotopic (exact) mass is 468 g/mol. The second-order valence-electron chi connectivity index (χ2n) is 6.61. The van der Waals surface area contributed by atoms with E-state index in [0.29, 0.717) is 33.8 Å². The molecule has 156 valence electrons. The molecule has 5 rings (SSSR count). The lowest BCUT2D eigenvalue weighted by molar-refractivity contribution is 0.411. The molecule has 0 unspecified atom stereocenters. The second kappa shape index (κ2) is 8.29. The molecule has 0 aliphatic rings. The number of nitrogens with zero attached hydrogens (tertiary/aromatic N) is 3. The van der Waals surface area contributed by atoms with Crippen molar-refractivity contribution in [1.82, 2.24) is 20.2 Å². The van der Waals surface area contributed by atoms with Crippen LogP contribution in [0.1, 0.15) is 10.7 Å². The van der Waals surface area contributed by atoms with Gasteiger partial charge in [0.15, 0.2) is 0 Å². The minimum atomic E-state index is -0.136. The largest absolute Gasteiger partial charge is 0.496 e. The minimum Gasteiger partial charge on any atom is -0.496 e. The molecule has 4 heterocycles. The summed E-state index contributed by atoms with van der Waals surface area (Å²) in [5.74, 6) is 2.01. The van der Waals surface area contributed by atoms with Crippen molar-refractivity contribution in [1.29, 1.82) is 0 Å². The number of hydrogen-bond donors (Lipinski definition) is 1. The molecule has 5 aromatic rings. The van der Waals surface area contributed by atoms with Crippen LogP contribution in [0.4, 0.5) is 0 Å². The van der Waals surface area contributed by atoms with Crippen molar-refractivity contribution in [2.24, 2.45) is 0 Å². The Bertz CT molecular complexity index is 1430. The van der Waals surface area contributed by atoms with Crippen molar-refractivity contribution in [3.8, 4) is 27.6 Å². The zero-order valence-corrected chi connectivity index (χ0v) is 19.0. The molecule has 0 aliphatic heterocycles. The van der Waals surface area contributed by atoms with E-state index in [1.165, 1.54) is 28.0 Å². The maximum atomic E-state index is 12.8. The van der Waals surface area contributed by atoms with Crippen molar-refractivity contribution >= 4 is 44.7 Å². The van der Waals surface area contributed by atoms with Gasteiger partial charge in [-0.15, -0.1) is 32.9 Å². The molecule has 1 aromatic carbocycles. The summed E-state index contributed by atoms with van der Waals surface area (Å²) in [6.07, 6.45) is 0. The first kappa shape index (κ1) is 20.0. The van der Waals surface area contributed by atoms with Crippen LogP contribution in [0.25, 0.3) is 32.1 Å². The highest BCUT2D eigenvalue weighted by Gasteiger charge is 2.16. The van der Waals surface area contributed by atoms with Crippen LogP contribution in [0.15, 0.2) is 56.2 Å². The normalized spacial score (nSPS) is 11.3. The van der Waals surface area contributed by atoms with E-state index in [4.69, 9.17) is 9.15 Å². The van der Waals surface area contributed by atoms with E-state index >= 15 is 0 Å². The maximum absolute atomic E-state index is 12.8. The number of ether oxygens (including phenoxy) is 1. The zero-order chi connectivity index (χ0) is 21.4. The molecule has 0 saturated heterocycles. The molecular formula is C21H16N4O3S3. The summed E-state index contributed by atoms with van der Waals surface area (Å²) in [6.45, 7) is 2.05. The van der Waals surface area contributed by atoms with Gasteiger partial charge in [-0.25, -0.2) is 4.98 Å². The molecule has 0 atom stereocenters. The molecule has 0 saturated carbocycles. The van der Waals surface area contributed by atoms with Crippen LogP contribution >= 0.6 is 34.4 Å². The number of thioether (sulfide) groups is 1. The van der Waals surface area contributed by atoms with Crippen LogP contribution in [0.2, 0.25) is 0 Å². The van der Waals surface area contributed by atoms with Crippen molar-refractivity contribution in [3.63, 3.8) is 0 Å². The van der Waals surface area contributed by atoms with Gasteiger partial charge in [-0.1, -0.05) is 23.9 Å². The standard InChI is InChI=1S/C21H16N4O3S3/c1-11-7-8-15(31-11)13-9-29-20-17(13)18(26)22-16(23-20)10-30-21-25-24-19(28-21)12-5-3-4-6-14(12)27-2/h3-9H,10H2,1-2H3,(H,22,23,26). The number of rotatable bonds is 6. The van der Waals surface area contributed by atoms with Gasteiger partial charge in [-0.3, -0.25) is 4.79 Å². The molecule has 4 aromatic heterocycles. The van der Waals surface area contributed by atoms with E-state index in [9.17, 15) is 4.79 Å². The summed E-state index contributed by atoms with van der Waals surface area (Å²) in [6, 6.07) is 11.5. The number of methoxy groups -OCH3 is 1. The summed E-state index contributed by atoms with van der Waals surface area (Å²) >= 11 is 4.46. The Kier molecular flexibility index (Phi) is 5.34. The Morgan fingerprint density at radius 1 is 1.16 bits per heavy atom. The van der Waals surface area contributed by atoms with Crippen molar-refractivity contribution < 1.29 is 9.15 Å². The summed E-state index contributed by atoms with van der Waals surface area (Å²) in [4.78, 5) is 23.3. The van der Waals surface area contributed by atoms with Crippen LogP contribution < -0.4 is 10.3 Å². The number of para-hydroxylation sites is 1. The highest BCUT2D eigenvalue weighted by atomic mass is 32.2. The van der Waals surface area contributed by atoms with Crippen molar-refractivity contribution in [2.75, 3.05) is 7.11 Å². The Hall–Kier alpha value is -2.95. The number of fused-ring (bicyclic) bond motifs is 1. The first-order valence-electron chi connectivity index (χ1n) is 9.29. The molecule has 0 amide bonds. The SMILES string of the molecule is COc1ccccc1-c1nnc(SCc2nc3scc(-c4ccc(C)s4)c3c(=O)[nH]2)o1. The first-order chi connectivity index (χ1) is 15.1. The molecule has 7 nitrogen and oxygen atoms in total. The number of aryl methyl sites for hydroxylation is 1. The van der Waals surface area contributed by atoms with Gasteiger partial charge in [0.05, 0.1) is 23.8 Å². The predicted molar refractivity (Wildman–Crippen MR) is 124 cm³/mol.